The van der Waals surface area contributed by atoms with E-state index in [9.17, 15) is 22.8 Å². The third kappa shape index (κ3) is 9.58. The summed E-state index contributed by atoms with van der Waals surface area (Å²) in [6.07, 6.45) is 9.78. The fourth-order valence-electron chi connectivity index (χ4n) is 9.84. The van der Waals surface area contributed by atoms with E-state index < -0.39 is 73.3 Å². The molecule has 1 spiro atoms. The fourth-order valence-corrected chi connectivity index (χ4v) is 11.2. The number of pyridine rings is 1. The Bertz CT molecular complexity index is 2270. The van der Waals surface area contributed by atoms with Gasteiger partial charge in [-0.25, -0.2) is 18.2 Å². The molecule has 3 N–H and O–H groups in total. The van der Waals surface area contributed by atoms with Crippen LogP contribution in [0.15, 0.2) is 30.4 Å². The number of allylic oxidation sites excluding steroid dienone is 1. The van der Waals surface area contributed by atoms with Crippen LogP contribution in [0.3, 0.4) is 0 Å². The summed E-state index contributed by atoms with van der Waals surface area (Å²) in [5.74, 6) is -0.906. The summed E-state index contributed by atoms with van der Waals surface area (Å²) in [5, 5.41) is 6.79. The predicted molar refractivity (Wildman–Crippen MR) is 239 cm³/mol. The minimum atomic E-state index is -4.02. The Labute approximate surface area is 377 Å². The fraction of sp³-hybridized carbons (Fsp3) is 0.681. The molecule has 16 nitrogen and oxygen atoms in total. The second kappa shape index (κ2) is 18.1. The van der Waals surface area contributed by atoms with Gasteiger partial charge in [0.15, 0.2) is 0 Å². The molecule has 0 bridgehead atoms. The summed E-state index contributed by atoms with van der Waals surface area (Å²) < 4.78 is 52.6. The van der Waals surface area contributed by atoms with Crippen LogP contribution in [0, 0.1) is 5.92 Å². The summed E-state index contributed by atoms with van der Waals surface area (Å²) in [7, 11) is -4.02. The van der Waals surface area contributed by atoms with Crippen molar-refractivity contribution >= 4 is 44.7 Å². The summed E-state index contributed by atoms with van der Waals surface area (Å²) in [4.78, 5) is 66.4. The lowest BCUT2D eigenvalue weighted by atomic mass is 9.65. The Balaban J connectivity index is 1.11. The average molecular weight is 907 g/mol. The first-order chi connectivity index (χ1) is 30.4. The van der Waals surface area contributed by atoms with Crippen LogP contribution < -0.4 is 24.8 Å². The Hall–Kier alpha value is -4.48. The van der Waals surface area contributed by atoms with Gasteiger partial charge in [0.1, 0.15) is 46.9 Å². The molecule has 4 fully saturated rings. The highest BCUT2D eigenvalue weighted by Gasteiger charge is 2.59. The maximum absolute atomic E-state index is 15.0. The normalized spacial score (nSPS) is 28.6. The van der Waals surface area contributed by atoms with Crippen LogP contribution in [0.5, 0.6) is 11.5 Å². The number of nitrogens with zero attached hydrogens (tertiary/aromatic N) is 3. The molecular formula is C47H66N6O10S. The highest BCUT2D eigenvalue weighted by molar-refractivity contribution is 7.91. The lowest BCUT2D eigenvalue weighted by Crippen LogP contribution is -2.70. The molecule has 5 heterocycles. The van der Waals surface area contributed by atoms with E-state index in [1.54, 1.807) is 27.7 Å². The lowest BCUT2D eigenvalue weighted by Gasteiger charge is -2.48. The number of ether oxygens (including phenoxy) is 4. The molecule has 5 unspecified atom stereocenters. The SMILES string of the molecule is CCc1nc2ccc(OCCN3CCOCC3)cc2c2c1OC1(CC2)CC2C(=O)NC3(C(=O)NS(=O)(=O)C4(C)CC4)CCC3C=CCCCCCC(NC(=O)OC(C)(C)C)C(=O)N2C1. The number of aromatic nitrogens is 1. The van der Waals surface area contributed by atoms with Gasteiger partial charge in [-0.05, 0) is 110 Å². The van der Waals surface area contributed by atoms with Gasteiger partial charge in [-0.1, -0.05) is 31.9 Å². The highest BCUT2D eigenvalue weighted by atomic mass is 32.2. The van der Waals surface area contributed by atoms with Gasteiger partial charge in [0, 0.05) is 42.9 Å². The molecule has 1 aromatic carbocycles. The predicted octanol–water partition coefficient (Wildman–Crippen LogP) is 4.85. The van der Waals surface area contributed by atoms with Crippen LogP contribution in [0.1, 0.15) is 117 Å². The Kier molecular flexibility index (Phi) is 13.0. The van der Waals surface area contributed by atoms with Gasteiger partial charge >= 0.3 is 6.09 Å². The van der Waals surface area contributed by atoms with E-state index in [-0.39, 0.29) is 19.4 Å². The molecule has 1 aromatic heterocycles. The molecule has 2 aliphatic carbocycles. The number of sulfonamides is 1. The molecule has 6 aliphatic rings. The summed E-state index contributed by atoms with van der Waals surface area (Å²) in [6.45, 7) is 13.4. The van der Waals surface area contributed by atoms with Crippen molar-refractivity contribution < 1.29 is 46.5 Å². The quantitative estimate of drug-likeness (QED) is 0.290. The number of morpholine rings is 1. The molecule has 4 amide bonds. The van der Waals surface area contributed by atoms with Crippen LogP contribution in [-0.4, -0.2) is 127 Å². The van der Waals surface area contributed by atoms with E-state index in [1.165, 1.54) is 4.90 Å². The van der Waals surface area contributed by atoms with Crippen molar-refractivity contribution in [1.29, 1.82) is 0 Å². The average Bonchev–Trinajstić information content (AvgIpc) is 3.91. The Morgan fingerprint density at radius 2 is 1.83 bits per heavy atom. The van der Waals surface area contributed by atoms with Gasteiger partial charge in [0.2, 0.25) is 21.8 Å². The summed E-state index contributed by atoms with van der Waals surface area (Å²) in [6, 6.07) is 3.81. The summed E-state index contributed by atoms with van der Waals surface area (Å²) >= 11 is 0. The van der Waals surface area contributed by atoms with Gasteiger partial charge < -0.3 is 34.5 Å². The number of nitrogens with one attached hydrogen (secondary N) is 3. The van der Waals surface area contributed by atoms with Gasteiger partial charge in [-0.3, -0.25) is 24.0 Å². The molecular weight excluding hydrogens is 841 g/mol. The van der Waals surface area contributed by atoms with Gasteiger partial charge in [-0.15, -0.1) is 0 Å². The minimum Gasteiger partial charge on any atom is -0.492 e. The van der Waals surface area contributed by atoms with E-state index in [4.69, 9.17) is 23.9 Å². The van der Waals surface area contributed by atoms with Crippen LogP contribution in [-0.2, 0) is 46.7 Å². The van der Waals surface area contributed by atoms with Crippen molar-refractivity contribution in [3.63, 3.8) is 0 Å². The first kappa shape index (κ1) is 46.1. The second-order valence-electron chi connectivity index (χ2n) is 19.9. The number of carbonyl (C=O) groups is 4. The maximum Gasteiger partial charge on any atom is 0.408 e. The summed E-state index contributed by atoms with van der Waals surface area (Å²) in [5.41, 5.74) is -0.808. The molecule has 5 atom stereocenters. The van der Waals surface area contributed by atoms with Gasteiger partial charge in [0.25, 0.3) is 5.91 Å². The molecule has 0 radical (unpaired) electrons. The van der Waals surface area contributed by atoms with Crippen molar-refractivity contribution in [1.82, 2.24) is 30.1 Å². The molecule has 8 rings (SSSR count). The standard InChI is InChI=1S/C47H66N6O10S/c1-6-35-39-33(34-28-32(14-15-36(34)48-35)61-27-24-52-22-25-60-26-23-52)17-18-46(62-39)29-38-40(54)50-47(42(56)51-64(58,59)45(5)20-21-45)19-16-31(47)12-10-8-7-9-11-13-37(41(55)53(38)30-46)49-43(57)63-44(2,3)4/h10,12,14-15,28,31,37-38H,6-9,11,13,16-27,29-30H2,1-5H3,(H,49,57)(H,50,54)(H,51,56). The molecule has 2 saturated carbocycles. The molecule has 350 valence electrons. The zero-order valence-electron chi connectivity index (χ0n) is 38.1. The number of aryl methyl sites for hydroxylation is 2. The number of amides is 4. The van der Waals surface area contributed by atoms with Crippen LogP contribution in [0.4, 0.5) is 4.79 Å². The Morgan fingerprint density at radius 3 is 2.53 bits per heavy atom. The van der Waals surface area contributed by atoms with Gasteiger partial charge in [-0.2, -0.15) is 0 Å². The topological polar surface area (TPSA) is 195 Å². The number of alkyl carbamates (subject to hydrolysis) is 1. The third-order valence-electron chi connectivity index (χ3n) is 14.1. The maximum atomic E-state index is 15.0. The smallest absolute Gasteiger partial charge is 0.408 e. The first-order valence-corrected chi connectivity index (χ1v) is 24.8. The van der Waals surface area contributed by atoms with E-state index in [0.717, 1.165) is 73.6 Å². The van der Waals surface area contributed by atoms with E-state index in [0.29, 0.717) is 70.1 Å². The van der Waals surface area contributed by atoms with Crippen LogP contribution >= 0.6 is 0 Å². The number of fused-ring (bicyclic) bond motifs is 5. The molecule has 17 heteroatoms. The van der Waals surface area contributed by atoms with Gasteiger partial charge in [0.05, 0.1) is 35.7 Å². The first-order valence-electron chi connectivity index (χ1n) is 23.4. The van der Waals surface area contributed by atoms with E-state index in [2.05, 4.69) is 20.3 Å². The minimum absolute atomic E-state index is 0.0387. The number of benzene rings is 1. The van der Waals surface area contributed by atoms with Crippen LogP contribution in [0.25, 0.3) is 10.9 Å². The third-order valence-corrected chi connectivity index (χ3v) is 16.3. The van der Waals surface area contributed by atoms with Crippen molar-refractivity contribution in [3.05, 3.63) is 41.6 Å². The number of hydrogen-bond donors (Lipinski definition) is 3. The lowest BCUT2D eigenvalue weighted by molar-refractivity contribution is -0.144. The van der Waals surface area contributed by atoms with E-state index in [1.807, 2.05) is 37.3 Å². The zero-order valence-corrected chi connectivity index (χ0v) is 38.9. The van der Waals surface area contributed by atoms with Crippen molar-refractivity contribution in [3.8, 4) is 11.5 Å². The number of hydrogen-bond acceptors (Lipinski definition) is 12. The molecule has 2 saturated heterocycles. The molecule has 4 aliphatic heterocycles. The zero-order chi connectivity index (χ0) is 45.5. The van der Waals surface area contributed by atoms with E-state index >= 15 is 4.79 Å². The van der Waals surface area contributed by atoms with Crippen molar-refractivity contribution in [2.24, 2.45) is 5.92 Å². The second-order valence-corrected chi connectivity index (χ2v) is 22.1. The molecule has 64 heavy (non-hydrogen) atoms. The monoisotopic (exact) mass is 906 g/mol. The largest absolute Gasteiger partial charge is 0.492 e. The highest BCUT2D eigenvalue weighted by Crippen LogP contribution is 2.47. The van der Waals surface area contributed by atoms with Crippen molar-refractivity contribution in [2.45, 2.75) is 152 Å². The Morgan fingerprint density at radius 1 is 1.05 bits per heavy atom. The number of rotatable bonds is 9. The van der Waals surface area contributed by atoms with Crippen molar-refractivity contribution in [2.75, 3.05) is 46.0 Å². The number of carbonyl (C=O) groups excluding carboxylic acids is 4. The molecule has 2 aromatic rings. The van der Waals surface area contributed by atoms with Crippen LogP contribution in [0.2, 0.25) is 0 Å².